The third kappa shape index (κ3) is 0.807. The molecule has 2 saturated heterocycles. The SMILES string of the molecule is C#CC12CCOC1C(N)CO2. The summed E-state index contributed by atoms with van der Waals surface area (Å²) in [6.45, 7) is 1.19. The zero-order valence-electron chi connectivity index (χ0n) is 6.25. The molecule has 0 aromatic heterocycles. The van der Waals surface area contributed by atoms with E-state index in [1.807, 2.05) is 0 Å². The Morgan fingerprint density at radius 2 is 2.45 bits per heavy atom. The zero-order chi connectivity index (χ0) is 7.90. The minimum absolute atomic E-state index is 0.0476. The summed E-state index contributed by atoms with van der Waals surface area (Å²) in [5, 5.41) is 0. The number of hydrogen-bond acceptors (Lipinski definition) is 3. The fraction of sp³-hybridized carbons (Fsp3) is 0.750. The third-order valence-corrected chi connectivity index (χ3v) is 2.40. The largest absolute Gasteiger partial charge is 0.372 e. The van der Waals surface area contributed by atoms with Crippen molar-refractivity contribution in [3.8, 4) is 12.3 Å². The van der Waals surface area contributed by atoms with Gasteiger partial charge in [0.2, 0.25) is 0 Å². The summed E-state index contributed by atoms with van der Waals surface area (Å²) in [6, 6.07) is -0.0476. The van der Waals surface area contributed by atoms with Gasteiger partial charge in [-0.05, 0) is 0 Å². The van der Waals surface area contributed by atoms with Gasteiger partial charge in [0.25, 0.3) is 0 Å². The molecule has 2 heterocycles. The lowest BCUT2D eigenvalue weighted by atomic mass is 9.95. The number of ether oxygens (including phenoxy) is 2. The highest BCUT2D eigenvalue weighted by atomic mass is 16.6. The van der Waals surface area contributed by atoms with Crippen LogP contribution in [0.15, 0.2) is 0 Å². The normalized spacial score (nSPS) is 48.7. The van der Waals surface area contributed by atoms with Crippen LogP contribution in [0.4, 0.5) is 0 Å². The summed E-state index contributed by atoms with van der Waals surface area (Å²) in [5.41, 5.74) is 5.23. The highest BCUT2D eigenvalue weighted by Crippen LogP contribution is 2.35. The Kier molecular flexibility index (Phi) is 1.43. The van der Waals surface area contributed by atoms with E-state index >= 15 is 0 Å². The van der Waals surface area contributed by atoms with Crippen molar-refractivity contribution in [3.63, 3.8) is 0 Å². The first-order valence-electron chi connectivity index (χ1n) is 3.77. The molecule has 0 radical (unpaired) electrons. The molecule has 11 heavy (non-hydrogen) atoms. The van der Waals surface area contributed by atoms with Crippen molar-refractivity contribution in [2.75, 3.05) is 13.2 Å². The number of terminal acetylenes is 1. The molecule has 0 saturated carbocycles. The minimum Gasteiger partial charge on any atom is -0.372 e. The second kappa shape index (κ2) is 2.21. The lowest BCUT2D eigenvalue weighted by Gasteiger charge is -2.19. The van der Waals surface area contributed by atoms with Gasteiger partial charge in [0, 0.05) is 6.42 Å². The Hall–Kier alpha value is -0.560. The average molecular weight is 153 g/mol. The fourth-order valence-corrected chi connectivity index (χ4v) is 1.77. The molecule has 0 spiro atoms. The van der Waals surface area contributed by atoms with Gasteiger partial charge in [-0.2, -0.15) is 0 Å². The number of fused-ring (bicyclic) bond motifs is 1. The second-order valence-electron chi connectivity index (χ2n) is 3.05. The highest BCUT2D eigenvalue weighted by Gasteiger charge is 2.52. The van der Waals surface area contributed by atoms with Crippen LogP contribution in [-0.2, 0) is 9.47 Å². The molecule has 2 aliphatic heterocycles. The first-order chi connectivity index (χ1) is 5.28. The van der Waals surface area contributed by atoms with E-state index in [0.29, 0.717) is 13.2 Å². The quantitative estimate of drug-likeness (QED) is 0.477. The minimum atomic E-state index is -0.501. The third-order valence-electron chi connectivity index (χ3n) is 2.40. The molecule has 3 unspecified atom stereocenters. The van der Waals surface area contributed by atoms with Gasteiger partial charge in [-0.15, -0.1) is 6.42 Å². The van der Waals surface area contributed by atoms with E-state index in [1.165, 1.54) is 0 Å². The van der Waals surface area contributed by atoms with Gasteiger partial charge in [-0.1, -0.05) is 5.92 Å². The maximum absolute atomic E-state index is 5.74. The van der Waals surface area contributed by atoms with Crippen LogP contribution in [-0.4, -0.2) is 31.0 Å². The molecule has 2 aliphatic rings. The smallest absolute Gasteiger partial charge is 0.158 e. The van der Waals surface area contributed by atoms with E-state index in [9.17, 15) is 0 Å². The van der Waals surface area contributed by atoms with E-state index in [2.05, 4.69) is 5.92 Å². The molecule has 2 N–H and O–H groups in total. The van der Waals surface area contributed by atoms with Gasteiger partial charge in [-0.3, -0.25) is 0 Å². The van der Waals surface area contributed by atoms with E-state index in [1.54, 1.807) is 0 Å². The number of rotatable bonds is 0. The van der Waals surface area contributed by atoms with E-state index in [4.69, 9.17) is 21.6 Å². The molecular formula is C8H11NO2. The van der Waals surface area contributed by atoms with Crippen molar-refractivity contribution in [2.24, 2.45) is 5.73 Å². The Morgan fingerprint density at radius 1 is 1.64 bits per heavy atom. The molecule has 3 atom stereocenters. The molecule has 0 bridgehead atoms. The van der Waals surface area contributed by atoms with Crippen LogP contribution >= 0.6 is 0 Å². The molecule has 0 aliphatic carbocycles. The van der Waals surface area contributed by atoms with Crippen LogP contribution in [0.5, 0.6) is 0 Å². The van der Waals surface area contributed by atoms with Crippen molar-refractivity contribution < 1.29 is 9.47 Å². The molecule has 0 aromatic rings. The van der Waals surface area contributed by atoms with Crippen LogP contribution in [0.2, 0.25) is 0 Å². The second-order valence-corrected chi connectivity index (χ2v) is 3.05. The topological polar surface area (TPSA) is 44.5 Å². The highest BCUT2D eigenvalue weighted by molar-refractivity contribution is 5.20. The summed E-state index contributed by atoms with van der Waals surface area (Å²) in [6.07, 6.45) is 6.06. The van der Waals surface area contributed by atoms with Crippen molar-refractivity contribution in [1.29, 1.82) is 0 Å². The summed E-state index contributed by atoms with van der Waals surface area (Å²) in [5.74, 6) is 2.64. The summed E-state index contributed by atoms with van der Waals surface area (Å²) < 4.78 is 10.8. The molecule has 60 valence electrons. The Balaban J connectivity index is 2.27. The summed E-state index contributed by atoms with van der Waals surface area (Å²) in [7, 11) is 0. The Morgan fingerprint density at radius 3 is 3.09 bits per heavy atom. The van der Waals surface area contributed by atoms with Gasteiger partial charge in [0.05, 0.1) is 19.3 Å². The zero-order valence-corrected chi connectivity index (χ0v) is 6.25. The van der Waals surface area contributed by atoms with Crippen molar-refractivity contribution in [3.05, 3.63) is 0 Å². The number of nitrogens with two attached hydrogens (primary N) is 1. The van der Waals surface area contributed by atoms with Crippen molar-refractivity contribution in [1.82, 2.24) is 0 Å². The predicted molar refractivity (Wildman–Crippen MR) is 39.8 cm³/mol. The van der Waals surface area contributed by atoms with Crippen molar-refractivity contribution >= 4 is 0 Å². The lowest BCUT2D eigenvalue weighted by Crippen LogP contribution is -2.41. The Labute approximate surface area is 65.8 Å². The molecule has 3 heteroatoms. The monoisotopic (exact) mass is 153 g/mol. The van der Waals surface area contributed by atoms with E-state index in [0.717, 1.165) is 6.42 Å². The number of hydrogen-bond donors (Lipinski definition) is 1. The Bertz CT molecular complexity index is 211. The van der Waals surface area contributed by atoms with Crippen molar-refractivity contribution in [2.45, 2.75) is 24.2 Å². The van der Waals surface area contributed by atoms with Gasteiger partial charge in [-0.25, -0.2) is 0 Å². The summed E-state index contributed by atoms with van der Waals surface area (Å²) >= 11 is 0. The van der Waals surface area contributed by atoms with E-state index in [-0.39, 0.29) is 12.1 Å². The lowest BCUT2D eigenvalue weighted by molar-refractivity contribution is 0.0239. The van der Waals surface area contributed by atoms with Crippen LogP contribution in [0.25, 0.3) is 0 Å². The summed E-state index contributed by atoms with van der Waals surface area (Å²) in [4.78, 5) is 0. The maximum atomic E-state index is 5.74. The molecular weight excluding hydrogens is 142 g/mol. The average Bonchev–Trinajstić information content (AvgIpc) is 2.53. The molecule has 0 aromatic carbocycles. The fourth-order valence-electron chi connectivity index (χ4n) is 1.77. The predicted octanol–water partition coefficient (Wildman–Crippen LogP) is -0.495. The van der Waals surface area contributed by atoms with Crippen LogP contribution in [0, 0.1) is 12.3 Å². The molecule has 2 rings (SSSR count). The van der Waals surface area contributed by atoms with Gasteiger partial charge in [0.1, 0.15) is 6.10 Å². The maximum Gasteiger partial charge on any atom is 0.158 e. The van der Waals surface area contributed by atoms with Crippen LogP contribution < -0.4 is 5.73 Å². The first kappa shape index (κ1) is 7.11. The first-order valence-corrected chi connectivity index (χ1v) is 3.77. The standard InChI is InChI=1S/C8H11NO2/c1-2-8-3-4-10-7(8)6(9)5-11-8/h1,6-7H,3-5,9H2. The van der Waals surface area contributed by atoms with Crippen LogP contribution in [0.3, 0.4) is 0 Å². The van der Waals surface area contributed by atoms with Gasteiger partial charge in [0.15, 0.2) is 5.60 Å². The molecule has 2 fully saturated rings. The molecule has 3 nitrogen and oxygen atoms in total. The molecule has 0 amide bonds. The van der Waals surface area contributed by atoms with E-state index < -0.39 is 5.60 Å². The van der Waals surface area contributed by atoms with Gasteiger partial charge < -0.3 is 15.2 Å². The van der Waals surface area contributed by atoms with Gasteiger partial charge >= 0.3 is 0 Å². The van der Waals surface area contributed by atoms with Crippen LogP contribution in [0.1, 0.15) is 6.42 Å².